The van der Waals surface area contributed by atoms with E-state index in [1.807, 2.05) is 11.3 Å². The number of hydrogen-bond acceptors (Lipinski definition) is 3. The Morgan fingerprint density at radius 1 is 0.400 bits per heavy atom. The number of fused-ring (bicyclic) bond motifs is 10. The van der Waals surface area contributed by atoms with Gasteiger partial charge in [-0.05, 0) is 95.7 Å². The Kier molecular flexibility index (Phi) is 5.83. The average molecular weight is 657 g/mol. The van der Waals surface area contributed by atoms with Gasteiger partial charge in [0, 0.05) is 64.5 Å². The van der Waals surface area contributed by atoms with Crippen LogP contribution >= 0.6 is 11.3 Å². The first kappa shape index (κ1) is 27.6. The minimum atomic E-state index is 0.889. The molecule has 4 heteroatoms. The van der Waals surface area contributed by atoms with Crippen molar-refractivity contribution in [2.45, 2.75) is 0 Å². The monoisotopic (exact) mass is 656 g/mol. The molecule has 0 amide bonds. The molecule has 0 saturated carbocycles. The van der Waals surface area contributed by atoms with E-state index in [1.165, 1.54) is 52.8 Å². The summed E-state index contributed by atoms with van der Waals surface area (Å²) in [6.07, 6.45) is 0. The Bertz CT molecular complexity index is 3110. The first-order chi connectivity index (χ1) is 24.8. The molecule has 0 unspecified atom stereocenters. The van der Waals surface area contributed by atoms with Crippen molar-refractivity contribution >= 4 is 103 Å². The van der Waals surface area contributed by atoms with Crippen molar-refractivity contribution in [2.24, 2.45) is 0 Å². The van der Waals surface area contributed by atoms with Crippen molar-refractivity contribution in [1.82, 2.24) is 4.57 Å². The van der Waals surface area contributed by atoms with Gasteiger partial charge in [-0.3, -0.25) is 0 Å². The van der Waals surface area contributed by atoms with Crippen LogP contribution in [0.1, 0.15) is 0 Å². The number of nitrogens with zero attached hydrogens (tertiary/aromatic N) is 2. The second kappa shape index (κ2) is 10.6. The van der Waals surface area contributed by atoms with Crippen LogP contribution in [0.3, 0.4) is 0 Å². The highest BCUT2D eigenvalue weighted by Gasteiger charge is 2.20. The summed E-state index contributed by atoms with van der Waals surface area (Å²) in [5.74, 6) is 0. The fourth-order valence-corrected chi connectivity index (χ4v) is 8.98. The molecule has 0 radical (unpaired) electrons. The minimum Gasteiger partial charge on any atom is -0.456 e. The summed E-state index contributed by atoms with van der Waals surface area (Å²) in [5, 5.41) is 9.67. The molecule has 0 fully saturated rings. The van der Waals surface area contributed by atoms with Gasteiger partial charge in [0.05, 0.1) is 11.0 Å². The summed E-state index contributed by atoms with van der Waals surface area (Å²) < 4.78 is 11.4. The number of rotatable bonds is 4. The van der Waals surface area contributed by atoms with Crippen molar-refractivity contribution in [1.29, 1.82) is 0 Å². The van der Waals surface area contributed by atoms with Crippen LogP contribution in [0.5, 0.6) is 0 Å². The van der Waals surface area contributed by atoms with Crippen LogP contribution in [0.15, 0.2) is 174 Å². The van der Waals surface area contributed by atoms with Gasteiger partial charge < -0.3 is 13.9 Å². The normalized spacial score (nSPS) is 12.0. The lowest BCUT2D eigenvalue weighted by atomic mass is 10.0. The van der Waals surface area contributed by atoms with Crippen LogP contribution in [0, 0.1) is 0 Å². The highest BCUT2D eigenvalue weighted by Crippen LogP contribution is 2.44. The molecule has 0 aliphatic heterocycles. The number of para-hydroxylation sites is 2. The number of furan rings is 1. The molecule has 0 bridgehead atoms. The van der Waals surface area contributed by atoms with Gasteiger partial charge in [0.2, 0.25) is 0 Å². The first-order valence-corrected chi connectivity index (χ1v) is 17.7. The summed E-state index contributed by atoms with van der Waals surface area (Å²) in [7, 11) is 0. The van der Waals surface area contributed by atoms with Crippen LogP contribution < -0.4 is 4.90 Å². The predicted molar refractivity (Wildman–Crippen MR) is 213 cm³/mol. The van der Waals surface area contributed by atoms with Crippen molar-refractivity contribution < 1.29 is 4.42 Å². The third kappa shape index (κ3) is 4.09. The molecule has 0 aliphatic carbocycles. The highest BCUT2D eigenvalue weighted by molar-refractivity contribution is 7.25. The quantitative estimate of drug-likeness (QED) is 0.188. The van der Waals surface area contributed by atoms with E-state index in [9.17, 15) is 0 Å². The predicted octanol–water partition coefficient (Wildman–Crippen LogP) is 13.7. The van der Waals surface area contributed by atoms with E-state index < -0.39 is 0 Å². The van der Waals surface area contributed by atoms with E-state index in [0.717, 1.165) is 44.7 Å². The first-order valence-electron chi connectivity index (χ1n) is 16.9. The van der Waals surface area contributed by atoms with Gasteiger partial charge in [-0.2, -0.15) is 0 Å². The molecule has 8 aromatic carbocycles. The Morgan fingerprint density at radius 3 is 1.90 bits per heavy atom. The van der Waals surface area contributed by atoms with Crippen molar-refractivity contribution in [2.75, 3.05) is 4.90 Å². The zero-order chi connectivity index (χ0) is 32.8. The number of thiophene rings is 1. The van der Waals surface area contributed by atoms with Gasteiger partial charge in [0.1, 0.15) is 11.2 Å². The molecule has 0 aliphatic rings. The van der Waals surface area contributed by atoms with Gasteiger partial charge in [0.25, 0.3) is 0 Å². The fourth-order valence-electron chi connectivity index (χ4n) is 7.85. The maximum atomic E-state index is 6.43. The zero-order valence-corrected chi connectivity index (χ0v) is 27.7. The molecule has 0 spiro atoms. The molecule has 11 aromatic rings. The summed E-state index contributed by atoms with van der Waals surface area (Å²) in [6.45, 7) is 0. The van der Waals surface area contributed by atoms with Gasteiger partial charge in [-0.25, -0.2) is 0 Å². The zero-order valence-electron chi connectivity index (χ0n) is 26.9. The van der Waals surface area contributed by atoms with Gasteiger partial charge >= 0.3 is 0 Å². The maximum absolute atomic E-state index is 6.43. The SMILES string of the molecule is c1ccc(-n2c3ccccc3c3cc(N(c4ccc5c(c4)sc4ccccc45)c4ccc5oc6cc7ccccc7cc6c5c4)ccc32)cc1. The van der Waals surface area contributed by atoms with E-state index in [1.54, 1.807) is 0 Å². The Balaban J connectivity index is 1.17. The van der Waals surface area contributed by atoms with Crippen molar-refractivity contribution in [3.05, 3.63) is 170 Å². The van der Waals surface area contributed by atoms with Crippen molar-refractivity contribution in [3.63, 3.8) is 0 Å². The number of anilines is 3. The Hall–Kier alpha value is -6.36. The van der Waals surface area contributed by atoms with E-state index in [2.05, 4.69) is 179 Å². The summed E-state index contributed by atoms with van der Waals surface area (Å²) in [4.78, 5) is 2.40. The molecule has 0 N–H and O–H groups in total. The maximum Gasteiger partial charge on any atom is 0.136 e. The average Bonchev–Trinajstić information content (AvgIpc) is 3.83. The van der Waals surface area contributed by atoms with Crippen LogP contribution in [0.4, 0.5) is 17.1 Å². The van der Waals surface area contributed by atoms with Gasteiger partial charge in [-0.1, -0.05) is 84.9 Å². The molecule has 50 heavy (non-hydrogen) atoms. The number of aromatic nitrogens is 1. The van der Waals surface area contributed by atoms with E-state index in [-0.39, 0.29) is 0 Å². The fraction of sp³-hybridized carbons (Fsp3) is 0. The van der Waals surface area contributed by atoms with Gasteiger partial charge in [0.15, 0.2) is 0 Å². The summed E-state index contributed by atoms with van der Waals surface area (Å²) in [5.41, 5.74) is 8.64. The third-order valence-corrected chi connectivity index (χ3v) is 11.3. The summed E-state index contributed by atoms with van der Waals surface area (Å²) >= 11 is 1.85. The molecule has 3 heterocycles. The van der Waals surface area contributed by atoms with Crippen LogP contribution in [-0.2, 0) is 0 Å². The van der Waals surface area contributed by atoms with E-state index in [4.69, 9.17) is 4.42 Å². The van der Waals surface area contributed by atoms with Crippen LogP contribution in [0.25, 0.3) is 80.4 Å². The minimum absolute atomic E-state index is 0.889. The van der Waals surface area contributed by atoms with Crippen LogP contribution in [-0.4, -0.2) is 4.57 Å². The van der Waals surface area contributed by atoms with E-state index in [0.29, 0.717) is 0 Å². The Morgan fingerprint density at radius 2 is 1.02 bits per heavy atom. The molecule has 0 atom stereocenters. The molecular formula is C46H28N2OS. The second-order valence-corrected chi connectivity index (χ2v) is 14.1. The second-order valence-electron chi connectivity index (χ2n) is 13.0. The number of hydrogen-bond donors (Lipinski definition) is 0. The molecule has 11 rings (SSSR count). The third-order valence-electron chi connectivity index (χ3n) is 10.1. The van der Waals surface area contributed by atoms with Crippen molar-refractivity contribution in [3.8, 4) is 5.69 Å². The number of benzene rings is 8. The lowest BCUT2D eigenvalue weighted by Crippen LogP contribution is -2.09. The van der Waals surface area contributed by atoms with Crippen LogP contribution in [0.2, 0.25) is 0 Å². The standard InChI is InChI=1S/C46H28N2OS/c1-2-12-31(13-3-1)48-41-16-8-6-14-35(41)38-26-32(19-22-42(38)48)47(34-18-21-37-36-15-7-9-17-45(36)50-46(37)28-34)33-20-23-43-40(27-33)39-24-29-10-4-5-11-30(29)25-44(39)49-43/h1-28H. The highest BCUT2D eigenvalue weighted by atomic mass is 32.1. The summed E-state index contributed by atoms with van der Waals surface area (Å²) in [6, 6.07) is 61.4. The topological polar surface area (TPSA) is 21.3 Å². The molecular weight excluding hydrogens is 629 g/mol. The lowest BCUT2D eigenvalue weighted by Gasteiger charge is -2.26. The molecule has 0 saturated heterocycles. The largest absolute Gasteiger partial charge is 0.456 e. The molecule has 3 nitrogen and oxygen atoms in total. The lowest BCUT2D eigenvalue weighted by molar-refractivity contribution is 0.669. The molecule has 234 valence electrons. The molecule has 3 aromatic heterocycles. The smallest absolute Gasteiger partial charge is 0.136 e. The van der Waals surface area contributed by atoms with E-state index >= 15 is 0 Å². The van der Waals surface area contributed by atoms with Gasteiger partial charge in [-0.15, -0.1) is 11.3 Å². The Labute approximate surface area is 291 Å².